The van der Waals surface area contributed by atoms with E-state index in [2.05, 4.69) is 54.9 Å². The van der Waals surface area contributed by atoms with E-state index in [4.69, 9.17) is 0 Å². The second-order valence-corrected chi connectivity index (χ2v) is 4.72. The first-order valence-electron chi connectivity index (χ1n) is 6.27. The summed E-state index contributed by atoms with van der Waals surface area (Å²) in [6.07, 6.45) is 2.56. The molecule has 4 nitrogen and oxygen atoms in total. The summed E-state index contributed by atoms with van der Waals surface area (Å²) in [5.74, 6) is 2.56. The van der Waals surface area contributed by atoms with Gasteiger partial charge >= 0.3 is 0 Å². The fourth-order valence-corrected chi connectivity index (χ4v) is 1.89. The quantitative estimate of drug-likeness (QED) is 0.853. The van der Waals surface area contributed by atoms with E-state index in [0.717, 1.165) is 18.1 Å². The molecule has 0 aliphatic heterocycles. The van der Waals surface area contributed by atoms with E-state index in [1.807, 2.05) is 7.05 Å². The first kappa shape index (κ1) is 13.7. The molecule has 1 rings (SSSR count). The molecule has 0 bridgehead atoms. The van der Waals surface area contributed by atoms with E-state index in [-0.39, 0.29) is 0 Å². The van der Waals surface area contributed by atoms with Crippen LogP contribution in [0.3, 0.4) is 0 Å². The van der Waals surface area contributed by atoms with E-state index < -0.39 is 0 Å². The maximum atomic E-state index is 4.44. The van der Waals surface area contributed by atoms with Crippen LogP contribution in [-0.4, -0.2) is 30.1 Å². The smallest absolute Gasteiger partial charge is 0.137 e. The van der Waals surface area contributed by atoms with Crippen molar-refractivity contribution < 1.29 is 0 Å². The van der Waals surface area contributed by atoms with E-state index in [9.17, 15) is 0 Å². The number of anilines is 2. The zero-order chi connectivity index (χ0) is 13.0. The minimum absolute atomic E-state index is 0.458. The van der Waals surface area contributed by atoms with Crippen molar-refractivity contribution in [2.24, 2.45) is 5.92 Å². The molecule has 17 heavy (non-hydrogen) atoms. The van der Waals surface area contributed by atoms with Gasteiger partial charge in [0.25, 0.3) is 0 Å². The molecule has 0 aliphatic rings. The summed E-state index contributed by atoms with van der Waals surface area (Å²) in [5, 5.41) is 3.13. The predicted octanol–water partition coefficient (Wildman–Crippen LogP) is 2.56. The standard InChI is InChI=1S/C13H24N4/c1-7-11-12(14-5)15-8-16-13(11)17(6)10(4)9(2)3/h8-10H,7H2,1-6H3,(H,14,15,16). The Morgan fingerprint density at radius 2 is 1.94 bits per heavy atom. The van der Waals surface area contributed by atoms with Gasteiger partial charge in [0.15, 0.2) is 0 Å². The largest absolute Gasteiger partial charge is 0.373 e. The molecule has 0 spiro atoms. The van der Waals surface area contributed by atoms with Gasteiger partial charge in [-0.15, -0.1) is 0 Å². The van der Waals surface area contributed by atoms with Gasteiger partial charge < -0.3 is 10.2 Å². The summed E-state index contributed by atoms with van der Waals surface area (Å²) in [6.45, 7) is 8.82. The van der Waals surface area contributed by atoms with Crippen molar-refractivity contribution in [2.45, 2.75) is 40.2 Å². The second kappa shape index (κ2) is 5.84. The first-order chi connectivity index (χ1) is 8.02. The summed E-state index contributed by atoms with van der Waals surface area (Å²) in [6, 6.07) is 0.458. The van der Waals surface area contributed by atoms with Crippen LogP contribution < -0.4 is 10.2 Å². The van der Waals surface area contributed by atoms with Gasteiger partial charge in [-0.1, -0.05) is 20.8 Å². The van der Waals surface area contributed by atoms with Gasteiger partial charge in [-0.25, -0.2) is 9.97 Å². The second-order valence-electron chi connectivity index (χ2n) is 4.72. The molecule has 1 N–H and O–H groups in total. The molecule has 0 saturated carbocycles. The SMILES string of the molecule is CCc1c(NC)ncnc1N(C)C(C)C(C)C. The molecule has 96 valence electrons. The fraction of sp³-hybridized carbons (Fsp3) is 0.692. The third-order valence-electron chi connectivity index (χ3n) is 3.42. The normalized spacial score (nSPS) is 12.6. The monoisotopic (exact) mass is 236 g/mol. The van der Waals surface area contributed by atoms with Crippen molar-refractivity contribution >= 4 is 11.6 Å². The average molecular weight is 236 g/mol. The number of nitrogens with one attached hydrogen (secondary N) is 1. The molecule has 1 aromatic heterocycles. The van der Waals surface area contributed by atoms with E-state index in [0.29, 0.717) is 12.0 Å². The van der Waals surface area contributed by atoms with Gasteiger partial charge in [-0.2, -0.15) is 0 Å². The lowest BCUT2D eigenvalue weighted by Gasteiger charge is -2.30. The van der Waals surface area contributed by atoms with Gasteiger partial charge in [-0.3, -0.25) is 0 Å². The zero-order valence-corrected chi connectivity index (χ0v) is 11.8. The molecule has 4 heteroatoms. The predicted molar refractivity (Wildman–Crippen MR) is 73.7 cm³/mol. The number of rotatable bonds is 5. The summed E-state index contributed by atoms with van der Waals surface area (Å²) in [7, 11) is 4.00. The average Bonchev–Trinajstić information content (AvgIpc) is 2.35. The highest BCUT2D eigenvalue weighted by Crippen LogP contribution is 2.25. The lowest BCUT2D eigenvalue weighted by molar-refractivity contribution is 0.501. The van der Waals surface area contributed by atoms with Crippen molar-refractivity contribution in [3.8, 4) is 0 Å². The van der Waals surface area contributed by atoms with Crippen molar-refractivity contribution in [3.63, 3.8) is 0 Å². The third kappa shape index (κ3) is 2.87. The third-order valence-corrected chi connectivity index (χ3v) is 3.42. The topological polar surface area (TPSA) is 41.1 Å². The summed E-state index contributed by atoms with van der Waals surface area (Å²) >= 11 is 0. The van der Waals surface area contributed by atoms with Gasteiger partial charge in [0.2, 0.25) is 0 Å². The van der Waals surface area contributed by atoms with Crippen molar-refractivity contribution in [3.05, 3.63) is 11.9 Å². The molecule has 0 amide bonds. The first-order valence-corrected chi connectivity index (χ1v) is 6.27. The Kier molecular flexibility index (Phi) is 4.73. The van der Waals surface area contributed by atoms with Crippen LogP contribution in [0.5, 0.6) is 0 Å². The maximum Gasteiger partial charge on any atom is 0.137 e. The molecule has 1 unspecified atom stereocenters. The van der Waals surface area contributed by atoms with Crippen LogP contribution in [0.15, 0.2) is 6.33 Å². The van der Waals surface area contributed by atoms with Crippen molar-refractivity contribution in [1.82, 2.24) is 9.97 Å². The zero-order valence-electron chi connectivity index (χ0n) is 11.8. The lowest BCUT2D eigenvalue weighted by atomic mass is 10.0. The van der Waals surface area contributed by atoms with Gasteiger partial charge in [0.1, 0.15) is 18.0 Å². The molecule has 1 heterocycles. The maximum absolute atomic E-state index is 4.44. The van der Waals surface area contributed by atoms with Crippen LogP contribution in [0, 0.1) is 5.92 Å². The Bertz CT molecular complexity index is 362. The van der Waals surface area contributed by atoms with Gasteiger partial charge in [-0.05, 0) is 19.3 Å². The van der Waals surface area contributed by atoms with E-state index in [1.54, 1.807) is 6.33 Å². The summed E-state index contributed by atoms with van der Waals surface area (Å²) < 4.78 is 0. The number of hydrogen-bond donors (Lipinski definition) is 1. The van der Waals surface area contributed by atoms with Crippen LogP contribution in [0.25, 0.3) is 0 Å². The minimum atomic E-state index is 0.458. The molecule has 0 aromatic carbocycles. The highest BCUT2D eigenvalue weighted by atomic mass is 15.2. The van der Waals surface area contributed by atoms with Gasteiger partial charge in [0.05, 0.1) is 0 Å². The van der Waals surface area contributed by atoms with Crippen LogP contribution in [0.2, 0.25) is 0 Å². The Morgan fingerprint density at radius 3 is 2.41 bits per heavy atom. The van der Waals surface area contributed by atoms with Crippen LogP contribution >= 0.6 is 0 Å². The Morgan fingerprint density at radius 1 is 1.29 bits per heavy atom. The minimum Gasteiger partial charge on any atom is -0.373 e. The fourth-order valence-electron chi connectivity index (χ4n) is 1.89. The number of nitrogens with zero attached hydrogens (tertiary/aromatic N) is 3. The molecule has 0 saturated heterocycles. The molecular formula is C13H24N4. The van der Waals surface area contributed by atoms with Crippen LogP contribution in [0.1, 0.15) is 33.3 Å². The highest BCUT2D eigenvalue weighted by Gasteiger charge is 2.19. The van der Waals surface area contributed by atoms with E-state index in [1.165, 1.54) is 5.56 Å². The van der Waals surface area contributed by atoms with Gasteiger partial charge in [0, 0.05) is 25.7 Å². The van der Waals surface area contributed by atoms with Crippen molar-refractivity contribution in [2.75, 3.05) is 24.3 Å². The van der Waals surface area contributed by atoms with E-state index >= 15 is 0 Å². The highest BCUT2D eigenvalue weighted by molar-refractivity contribution is 5.58. The summed E-state index contributed by atoms with van der Waals surface area (Å²) in [4.78, 5) is 10.9. The number of hydrogen-bond acceptors (Lipinski definition) is 4. The van der Waals surface area contributed by atoms with Crippen LogP contribution in [-0.2, 0) is 6.42 Å². The molecular weight excluding hydrogens is 212 g/mol. The molecule has 1 aromatic rings. The molecule has 1 atom stereocenters. The Hall–Kier alpha value is -1.32. The Balaban J connectivity index is 3.12. The lowest BCUT2D eigenvalue weighted by Crippen LogP contribution is -2.34. The molecule has 0 aliphatic carbocycles. The Labute approximate surface area is 104 Å². The van der Waals surface area contributed by atoms with Crippen molar-refractivity contribution in [1.29, 1.82) is 0 Å². The molecule has 0 fully saturated rings. The van der Waals surface area contributed by atoms with Crippen LogP contribution in [0.4, 0.5) is 11.6 Å². The summed E-state index contributed by atoms with van der Waals surface area (Å²) in [5.41, 5.74) is 1.19. The number of aromatic nitrogens is 2. The molecule has 0 radical (unpaired) electrons.